The molecule has 2 amide bonds. The predicted molar refractivity (Wildman–Crippen MR) is 80.3 cm³/mol. The van der Waals surface area contributed by atoms with E-state index in [1.54, 1.807) is 34.6 Å². The van der Waals surface area contributed by atoms with E-state index in [1.807, 2.05) is 0 Å². The lowest BCUT2D eigenvalue weighted by Gasteiger charge is -2.19. The molecule has 7 heteroatoms. The Bertz CT molecular complexity index is 453. The molecular formula is C15H26N2O5. The van der Waals surface area contributed by atoms with Gasteiger partial charge >= 0.3 is 12.1 Å². The Morgan fingerprint density at radius 1 is 1.09 bits per heavy atom. The van der Waals surface area contributed by atoms with Crippen molar-refractivity contribution in [2.24, 2.45) is 17.3 Å². The highest BCUT2D eigenvalue weighted by Crippen LogP contribution is 2.58. The van der Waals surface area contributed by atoms with Gasteiger partial charge in [-0.05, 0) is 32.6 Å². The number of nitrogens with one attached hydrogen (secondary N) is 2. The Labute approximate surface area is 130 Å². The molecule has 0 bridgehead atoms. The second kappa shape index (κ2) is 6.54. The van der Waals surface area contributed by atoms with Gasteiger partial charge in [0.15, 0.2) is 0 Å². The lowest BCUT2D eigenvalue weighted by atomic mass is 10.1. The van der Waals surface area contributed by atoms with Crippen molar-refractivity contribution in [1.29, 1.82) is 0 Å². The molecule has 3 N–H and O–H groups in total. The summed E-state index contributed by atoms with van der Waals surface area (Å²) in [4.78, 5) is 34.3. The maximum absolute atomic E-state index is 11.9. The third-order valence-corrected chi connectivity index (χ3v) is 3.70. The molecule has 0 aliphatic heterocycles. The maximum atomic E-state index is 11.9. The highest BCUT2D eigenvalue weighted by molar-refractivity contribution is 5.91. The molecule has 1 aliphatic carbocycles. The topological polar surface area (TPSA) is 105 Å². The summed E-state index contributed by atoms with van der Waals surface area (Å²) in [5, 5.41) is 14.3. The minimum atomic E-state index is -0.934. The molecule has 1 fully saturated rings. The van der Waals surface area contributed by atoms with Crippen LogP contribution in [0.2, 0.25) is 0 Å². The fraction of sp³-hybridized carbons (Fsp3) is 0.800. The van der Waals surface area contributed by atoms with Gasteiger partial charge in [-0.2, -0.15) is 0 Å². The van der Waals surface area contributed by atoms with Gasteiger partial charge in [-0.25, -0.2) is 4.79 Å². The van der Waals surface area contributed by atoms with Crippen molar-refractivity contribution in [3.8, 4) is 0 Å². The Morgan fingerprint density at radius 3 is 2.09 bits per heavy atom. The molecule has 0 heterocycles. The number of carboxylic acid groups (broad SMARTS) is 1. The first-order valence-electron chi connectivity index (χ1n) is 7.44. The SMILES string of the molecule is CC(C)(C)OC(=O)NCCCNC(=O)[C@H]1[C@@H](C(=O)O)C1(C)C. The molecule has 0 saturated heterocycles. The van der Waals surface area contributed by atoms with E-state index in [2.05, 4.69) is 10.6 Å². The second-order valence-corrected chi connectivity index (χ2v) is 7.19. The zero-order valence-electron chi connectivity index (χ0n) is 13.9. The number of carbonyl (C=O) groups excluding carboxylic acids is 2. The van der Waals surface area contributed by atoms with Crippen molar-refractivity contribution in [2.75, 3.05) is 13.1 Å². The van der Waals surface area contributed by atoms with Crippen molar-refractivity contribution in [1.82, 2.24) is 10.6 Å². The van der Waals surface area contributed by atoms with Crippen LogP contribution in [0, 0.1) is 17.3 Å². The Balaban J connectivity index is 2.20. The normalized spacial score (nSPS) is 22.6. The lowest BCUT2D eigenvalue weighted by Crippen LogP contribution is -2.35. The molecule has 0 aromatic heterocycles. The van der Waals surface area contributed by atoms with Gasteiger partial charge in [0, 0.05) is 13.1 Å². The Hall–Kier alpha value is -1.79. The zero-order valence-corrected chi connectivity index (χ0v) is 13.9. The van der Waals surface area contributed by atoms with Crippen LogP contribution in [0.25, 0.3) is 0 Å². The number of hydrogen-bond donors (Lipinski definition) is 3. The largest absolute Gasteiger partial charge is 0.481 e. The number of amides is 2. The number of hydrogen-bond acceptors (Lipinski definition) is 4. The summed E-state index contributed by atoms with van der Waals surface area (Å²) < 4.78 is 5.08. The smallest absolute Gasteiger partial charge is 0.407 e. The first-order chi connectivity index (χ1) is 9.97. The van der Waals surface area contributed by atoms with Crippen LogP contribution in [0.1, 0.15) is 41.0 Å². The number of carbonyl (C=O) groups is 3. The Kier molecular flexibility index (Phi) is 5.43. The van der Waals surface area contributed by atoms with Crippen LogP contribution in [0.3, 0.4) is 0 Å². The lowest BCUT2D eigenvalue weighted by molar-refractivity contribution is -0.140. The molecule has 0 aromatic rings. The summed E-state index contributed by atoms with van der Waals surface area (Å²) in [6.45, 7) is 9.66. The molecule has 0 radical (unpaired) electrons. The zero-order chi connectivity index (χ0) is 17.1. The first kappa shape index (κ1) is 18.3. The molecule has 1 aliphatic rings. The number of rotatable bonds is 6. The molecule has 0 aromatic carbocycles. The van der Waals surface area contributed by atoms with Gasteiger partial charge in [0.1, 0.15) is 5.60 Å². The fourth-order valence-electron chi connectivity index (χ4n) is 2.50. The van der Waals surface area contributed by atoms with E-state index < -0.39 is 34.9 Å². The standard InChI is InChI=1S/C15H26N2O5/c1-14(2,3)22-13(21)17-8-6-7-16-11(18)9-10(12(19)20)15(9,4)5/h9-10H,6-8H2,1-5H3,(H,16,18)(H,17,21)(H,19,20)/t9-,10+/m1/s1. The second-order valence-electron chi connectivity index (χ2n) is 7.19. The summed E-state index contributed by atoms with van der Waals surface area (Å²) in [5.74, 6) is -2.28. The molecule has 1 saturated carbocycles. The highest BCUT2D eigenvalue weighted by Gasteiger charge is 2.65. The van der Waals surface area contributed by atoms with E-state index in [9.17, 15) is 14.4 Å². The van der Waals surface area contributed by atoms with Gasteiger partial charge < -0.3 is 20.5 Å². The molecule has 7 nitrogen and oxygen atoms in total. The average molecular weight is 314 g/mol. The minimum Gasteiger partial charge on any atom is -0.481 e. The van der Waals surface area contributed by atoms with Crippen LogP contribution in [0.5, 0.6) is 0 Å². The third kappa shape index (κ3) is 4.89. The molecule has 0 unspecified atom stereocenters. The van der Waals surface area contributed by atoms with Gasteiger partial charge in [-0.1, -0.05) is 13.8 Å². The van der Waals surface area contributed by atoms with E-state index in [1.165, 1.54) is 0 Å². The van der Waals surface area contributed by atoms with Crippen molar-refractivity contribution < 1.29 is 24.2 Å². The van der Waals surface area contributed by atoms with E-state index >= 15 is 0 Å². The van der Waals surface area contributed by atoms with E-state index in [-0.39, 0.29) is 5.91 Å². The fourth-order valence-corrected chi connectivity index (χ4v) is 2.50. The number of aliphatic carboxylic acids is 1. The summed E-state index contributed by atoms with van der Waals surface area (Å²) in [6.07, 6.45) is 0.0590. The quantitative estimate of drug-likeness (QED) is 0.642. The van der Waals surface area contributed by atoms with Crippen molar-refractivity contribution >= 4 is 18.0 Å². The van der Waals surface area contributed by atoms with Crippen LogP contribution in [-0.4, -0.2) is 41.8 Å². The van der Waals surface area contributed by atoms with Crippen molar-refractivity contribution in [2.45, 2.75) is 46.6 Å². The third-order valence-electron chi connectivity index (χ3n) is 3.70. The van der Waals surface area contributed by atoms with Crippen LogP contribution in [0.15, 0.2) is 0 Å². The summed E-state index contributed by atoms with van der Waals surface area (Å²) in [7, 11) is 0. The predicted octanol–water partition coefficient (Wildman–Crippen LogP) is 1.37. The molecule has 1 rings (SSSR count). The molecule has 2 atom stereocenters. The van der Waals surface area contributed by atoms with Gasteiger partial charge in [0.2, 0.25) is 5.91 Å². The van der Waals surface area contributed by atoms with Gasteiger partial charge in [-0.15, -0.1) is 0 Å². The summed E-state index contributed by atoms with van der Waals surface area (Å²) >= 11 is 0. The average Bonchev–Trinajstić information content (AvgIpc) is 2.89. The van der Waals surface area contributed by atoms with Crippen LogP contribution >= 0.6 is 0 Å². The van der Waals surface area contributed by atoms with Gasteiger partial charge in [0.05, 0.1) is 11.8 Å². The van der Waals surface area contributed by atoms with Gasteiger partial charge in [-0.3, -0.25) is 9.59 Å². The summed E-state index contributed by atoms with van der Waals surface area (Å²) in [5.41, 5.74) is -1.04. The van der Waals surface area contributed by atoms with E-state index in [0.29, 0.717) is 19.5 Å². The Morgan fingerprint density at radius 2 is 1.64 bits per heavy atom. The molecule has 22 heavy (non-hydrogen) atoms. The maximum Gasteiger partial charge on any atom is 0.407 e. The van der Waals surface area contributed by atoms with Crippen LogP contribution in [0.4, 0.5) is 4.79 Å². The van der Waals surface area contributed by atoms with Crippen molar-refractivity contribution in [3.05, 3.63) is 0 Å². The number of alkyl carbamates (subject to hydrolysis) is 1. The minimum absolute atomic E-state index is 0.241. The molecular weight excluding hydrogens is 288 g/mol. The van der Waals surface area contributed by atoms with Crippen LogP contribution < -0.4 is 10.6 Å². The number of ether oxygens (including phenoxy) is 1. The van der Waals surface area contributed by atoms with E-state index in [0.717, 1.165) is 0 Å². The molecule has 0 spiro atoms. The monoisotopic (exact) mass is 314 g/mol. The van der Waals surface area contributed by atoms with E-state index in [4.69, 9.17) is 9.84 Å². The highest BCUT2D eigenvalue weighted by atomic mass is 16.6. The summed E-state index contributed by atoms with van der Waals surface area (Å²) in [6, 6.07) is 0. The first-order valence-corrected chi connectivity index (χ1v) is 7.44. The number of carboxylic acids is 1. The van der Waals surface area contributed by atoms with Crippen molar-refractivity contribution in [3.63, 3.8) is 0 Å². The molecule has 126 valence electrons. The van der Waals surface area contributed by atoms with Crippen LogP contribution in [-0.2, 0) is 14.3 Å². The van der Waals surface area contributed by atoms with Gasteiger partial charge in [0.25, 0.3) is 0 Å².